The molecule has 6 rings (SSSR count). The van der Waals surface area contributed by atoms with Gasteiger partial charge in [-0.05, 0) is 69.9 Å². The Labute approximate surface area is 257 Å². The van der Waals surface area contributed by atoms with Gasteiger partial charge in [-0.15, -0.1) is 0 Å². The molecule has 0 spiro atoms. The number of hydrogen-bond donors (Lipinski definition) is 2. The Balaban J connectivity index is 1.29. The Morgan fingerprint density at radius 2 is 1.98 bits per heavy atom. The van der Waals surface area contributed by atoms with Gasteiger partial charge in [0.25, 0.3) is 5.91 Å². The fraction of sp³-hybridized carbons (Fsp3) is 0.344. The summed E-state index contributed by atoms with van der Waals surface area (Å²) < 4.78 is 50.2. The van der Waals surface area contributed by atoms with Crippen LogP contribution in [0.15, 0.2) is 54.4 Å². The summed E-state index contributed by atoms with van der Waals surface area (Å²) in [5.74, 6) is -3.73. The van der Waals surface area contributed by atoms with Crippen molar-refractivity contribution in [1.29, 1.82) is 5.26 Å². The molecule has 10 nitrogen and oxygen atoms in total. The molecule has 1 saturated heterocycles. The zero-order valence-corrected chi connectivity index (χ0v) is 24.7. The van der Waals surface area contributed by atoms with Crippen LogP contribution in [0.1, 0.15) is 39.5 Å². The first-order chi connectivity index (χ1) is 21.5. The zero-order valence-electron chi connectivity index (χ0n) is 24.7. The number of nitrogens with one attached hydrogen (secondary N) is 1. The molecule has 3 N–H and O–H groups in total. The number of benzene rings is 2. The first kappa shape index (κ1) is 30.1. The molecule has 1 amide bonds. The molecule has 2 aromatic carbocycles. The molecule has 2 fully saturated rings. The molecule has 0 bridgehead atoms. The molecule has 2 aliphatic rings. The Morgan fingerprint density at radius 1 is 1.18 bits per heavy atom. The Kier molecular flexibility index (Phi) is 7.92. The topological polar surface area (TPSA) is 135 Å². The Bertz CT molecular complexity index is 1860. The molecule has 3 heterocycles. The molecule has 4 aromatic rings. The van der Waals surface area contributed by atoms with Gasteiger partial charge in [0.1, 0.15) is 41.0 Å². The van der Waals surface area contributed by atoms with Crippen molar-refractivity contribution in [2.75, 3.05) is 12.3 Å². The Morgan fingerprint density at radius 3 is 2.71 bits per heavy atom. The molecule has 0 radical (unpaired) electrons. The van der Waals surface area contributed by atoms with Crippen LogP contribution in [0.2, 0.25) is 0 Å². The fourth-order valence-corrected chi connectivity index (χ4v) is 5.73. The molecule has 0 unspecified atom stereocenters. The maximum Gasteiger partial charge on any atom is 0.264 e. The highest BCUT2D eigenvalue weighted by Gasteiger charge is 2.34. The summed E-state index contributed by atoms with van der Waals surface area (Å²) in [5, 5.41) is 18.3. The van der Waals surface area contributed by atoms with Crippen molar-refractivity contribution in [2.45, 2.75) is 63.7 Å². The predicted molar refractivity (Wildman–Crippen MR) is 160 cm³/mol. The minimum atomic E-state index is -1.19. The van der Waals surface area contributed by atoms with E-state index in [9.17, 15) is 18.8 Å². The summed E-state index contributed by atoms with van der Waals surface area (Å²) in [7, 11) is 0. The highest BCUT2D eigenvalue weighted by Crippen LogP contribution is 2.35. The molecule has 1 atom stereocenters. The van der Waals surface area contributed by atoms with Gasteiger partial charge in [-0.3, -0.25) is 4.79 Å². The van der Waals surface area contributed by atoms with Crippen molar-refractivity contribution in [2.24, 2.45) is 0 Å². The number of ether oxygens (including phenoxy) is 1. The quantitative estimate of drug-likeness (QED) is 0.192. The van der Waals surface area contributed by atoms with E-state index < -0.39 is 23.0 Å². The van der Waals surface area contributed by atoms with E-state index in [4.69, 9.17) is 10.5 Å². The average molecular weight is 617 g/mol. The molecule has 1 aliphatic heterocycles. The summed E-state index contributed by atoms with van der Waals surface area (Å²) in [5.41, 5.74) is 6.35. The van der Waals surface area contributed by atoms with E-state index in [-0.39, 0.29) is 52.6 Å². The van der Waals surface area contributed by atoms with Crippen LogP contribution in [-0.4, -0.2) is 54.7 Å². The van der Waals surface area contributed by atoms with E-state index in [1.165, 1.54) is 30.6 Å². The van der Waals surface area contributed by atoms with Crippen LogP contribution >= 0.6 is 0 Å². The van der Waals surface area contributed by atoms with Gasteiger partial charge >= 0.3 is 0 Å². The van der Waals surface area contributed by atoms with E-state index in [0.717, 1.165) is 31.4 Å². The highest BCUT2D eigenvalue weighted by atomic mass is 19.2. The van der Waals surface area contributed by atoms with Gasteiger partial charge in [-0.25, -0.2) is 23.4 Å². The molecule has 1 saturated carbocycles. The van der Waals surface area contributed by atoms with Gasteiger partial charge in [0.15, 0.2) is 17.2 Å². The van der Waals surface area contributed by atoms with Crippen molar-refractivity contribution in [3.63, 3.8) is 0 Å². The van der Waals surface area contributed by atoms with Crippen molar-refractivity contribution in [3.8, 4) is 28.8 Å². The molecule has 1 aliphatic carbocycles. The van der Waals surface area contributed by atoms with Crippen molar-refractivity contribution < 1.29 is 22.7 Å². The number of amides is 1. The number of hydrogen-bond acceptors (Lipinski definition) is 8. The molecule has 232 valence electrons. The maximum atomic E-state index is 15.5. The number of halogens is 3. The number of carbonyl (C=O) groups excluding carboxylic acids is 1. The minimum Gasteiger partial charge on any atom is -0.454 e. The lowest BCUT2D eigenvalue weighted by atomic mass is 10.0. The van der Waals surface area contributed by atoms with Crippen LogP contribution in [0.25, 0.3) is 22.3 Å². The van der Waals surface area contributed by atoms with Crippen LogP contribution in [0.3, 0.4) is 0 Å². The third kappa shape index (κ3) is 6.19. The largest absolute Gasteiger partial charge is 0.454 e. The minimum absolute atomic E-state index is 0.0503. The Hall–Kier alpha value is -4.96. The predicted octanol–water partition coefficient (Wildman–Crippen LogP) is 5.26. The lowest BCUT2D eigenvalue weighted by Gasteiger charge is -2.27. The number of nitrogens with two attached hydrogens (primary N) is 1. The van der Waals surface area contributed by atoms with Gasteiger partial charge < -0.3 is 20.7 Å². The van der Waals surface area contributed by atoms with Crippen molar-refractivity contribution in [3.05, 3.63) is 71.8 Å². The maximum absolute atomic E-state index is 15.5. The number of rotatable bonds is 9. The molecular formula is C32H31F3N8O2. The zero-order chi connectivity index (χ0) is 31.9. The number of anilines is 1. The van der Waals surface area contributed by atoms with Crippen LogP contribution in [0.5, 0.6) is 11.5 Å². The molecule has 45 heavy (non-hydrogen) atoms. The van der Waals surface area contributed by atoms with Crippen molar-refractivity contribution >= 4 is 22.8 Å². The SMILES string of the molecule is CC(C)(C=C(C#N)C(=O)N1CCC[C@H]1Cn1nc(-c2ccc(Oc3cccc(F)c3F)cc2F)c2c(N)ncnc21)NC1CC1. The van der Waals surface area contributed by atoms with E-state index >= 15 is 4.39 Å². The van der Waals surface area contributed by atoms with Gasteiger partial charge in [-0.1, -0.05) is 6.07 Å². The molecular weight excluding hydrogens is 585 g/mol. The van der Waals surface area contributed by atoms with Crippen molar-refractivity contribution in [1.82, 2.24) is 30.0 Å². The number of carbonyl (C=O) groups is 1. The third-order valence-corrected chi connectivity index (χ3v) is 7.93. The lowest BCUT2D eigenvalue weighted by molar-refractivity contribution is -0.127. The normalized spacial score (nSPS) is 17.1. The first-order valence-corrected chi connectivity index (χ1v) is 14.6. The van der Waals surface area contributed by atoms with E-state index in [1.54, 1.807) is 15.7 Å². The lowest BCUT2D eigenvalue weighted by Crippen LogP contribution is -2.42. The molecule has 13 heteroatoms. The van der Waals surface area contributed by atoms with E-state index in [1.807, 2.05) is 13.8 Å². The summed E-state index contributed by atoms with van der Waals surface area (Å²) in [6.07, 6.45) is 6.53. The van der Waals surface area contributed by atoms with Crippen LogP contribution in [0, 0.1) is 28.8 Å². The second-order valence-corrected chi connectivity index (χ2v) is 11.9. The van der Waals surface area contributed by atoms with Crippen LogP contribution < -0.4 is 15.8 Å². The summed E-state index contributed by atoms with van der Waals surface area (Å²) in [6.45, 7) is 4.58. The second kappa shape index (κ2) is 11.9. The van der Waals surface area contributed by atoms with Gasteiger partial charge in [0, 0.05) is 29.8 Å². The standard InChI is InChI=1S/C32H31F3N8O2/c1-32(2,40-19-8-9-19)14-18(15-36)31(44)42-12-4-5-20(42)16-43-30-26(29(37)38-17-39-30)28(41-43)22-11-10-21(13-24(22)34)45-25-7-3-6-23(33)27(25)35/h3,6-7,10-11,13-14,17,19-20,40H,4-5,8-9,12,16H2,1-2H3,(H2,37,38,39)/t20-/m0/s1. The summed E-state index contributed by atoms with van der Waals surface area (Å²) in [4.78, 5) is 23.7. The van der Waals surface area contributed by atoms with E-state index in [0.29, 0.717) is 30.0 Å². The highest BCUT2D eigenvalue weighted by molar-refractivity contribution is 5.99. The number of nitrogens with zero attached hydrogens (tertiary/aromatic N) is 6. The van der Waals surface area contributed by atoms with Crippen LogP contribution in [0.4, 0.5) is 19.0 Å². The van der Waals surface area contributed by atoms with Gasteiger partial charge in [-0.2, -0.15) is 14.8 Å². The number of nitriles is 1. The third-order valence-electron chi connectivity index (χ3n) is 7.93. The second-order valence-electron chi connectivity index (χ2n) is 11.9. The summed E-state index contributed by atoms with van der Waals surface area (Å²) in [6, 6.07) is 9.48. The smallest absolute Gasteiger partial charge is 0.264 e. The monoisotopic (exact) mass is 616 g/mol. The fourth-order valence-electron chi connectivity index (χ4n) is 5.73. The van der Waals surface area contributed by atoms with Gasteiger partial charge in [0.05, 0.1) is 18.0 Å². The first-order valence-electron chi connectivity index (χ1n) is 14.6. The number of fused-ring (bicyclic) bond motifs is 1. The van der Waals surface area contributed by atoms with Crippen LogP contribution in [-0.2, 0) is 11.3 Å². The van der Waals surface area contributed by atoms with Gasteiger partial charge in [0.2, 0.25) is 5.82 Å². The molecule has 2 aromatic heterocycles. The number of aromatic nitrogens is 4. The number of nitrogen functional groups attached to an aromatic ring is 1. The average Bonchev–Trinajstić information content (AvgIpc) is 3.54. The summed E-state index contributed by atoms with van der Waals surface area (Å²) >= 11 is 0. The van der Waals surface area contributed by atoms with E-state index in [2.05, 4.69) is 26.5 Å². The number of likely N-dealkylation sites (tertiary alicyclic amines) is 1.